The molecule has 1 aliphatic rings. The van der Waals surface area contributed by atoms with Crippen molar-refractivity contribution in [2.45, 2.75) is 6.54 Å². The lowest BCUT2D eigenvalue weighted by Crippen LogP contribution is -2.43. The van der Waals surface area contributed by atoms with E-state index in [1.54, 1.807) is 0 Å². The minimum Gasteiger partial charge on any atom is -0.378 e. The molecule has 0 bridgehead atoms. The van der Waals surface area contributed by atoms with Gasteiger partial charge in [-0.15, -0.1) is 0 Å². The maximum absolute atomic E-state index is 9.18. The molecule has 1 aromatic rings. The normalized spacial score (nSPS) is 16.3. The molecular weight excluding hydrogens is 224 g/mol. The molecule has 1 heterocycles. The van der Waals surface area contributed by atoms with E-state index in [0.29, 0.717) is 0 Å². The number of hydrogen-bond acceptors (Lipinski definition) is 4. The zero-order chi connectivity index (χ0) is 13.0. The second-order valence-electron chi connectivity index (χ2n) is 4.87. The summed E-state index contributed by atoms with van der Waals surface area (Å²) in [5.74, 6) is 0. The summed E-state index contributed by atoms with van der Waals surface area (Å²) >= 11 is 0. The van der Waals surface area contributed by atoms with Crippen LogP contribution in [0.25, 0.3) is 0 Å². The maximum atomic E-state index is 9.18. The van der Waals surface area contributed by atoms with Crippen molar-refractivity contribution in [2.75, 3.05) is 45.2 Å². The van der Waals surface area contributed by atoms with Crippen molar-refractivity contribution >= 4 is 5.69 Å². The van der Waals surface area contributed by atoms with Gasteiger partial charge >= 0.3 is 0 Å². The highest BCUT2D eigenvalue weighted by atomic mass is 15.2. The Labute approximate surface area is 109 Å². The fourth-order valence-electron chi connectivity index (χ4n) is 2.21. The van der Waals surface area contributed by atoms with Crippen LogP contribution in [0.15, 0.2) is 18.2 Å². The number of nitrogens with one attached hydrogen (secondary N) is 1. The van der Waals surface area contributed by atoms with Crippen LogP contribution in [0.2, 0.25) is 0 Å². The van der Waals surface area contributed by atoms with E-state index in [4.69, 9.17) is 0 Å². The fourth-order valence-corrected chi connectivity index (χ4v) is 2.21. The van der Waals surface area contributed by atoms with E-state index in [1.165, 1.54) is 0 Å². The Balaban J connectivity index is 2.18. The van der Waals surface area contributed by atoms with Crippen LogP contribution in [0, 0.1) is 11.3 Å². The maximum Gasteiger partial charge on any atom is 0.0995 e. The molecule has 0 unspecified atom stereocenters. The van der Waals surface area contributed by atoms with Crippen molar-refractivity contribution in [3.05, 3.63) is 29.3 Å². The Morgan fingerprint density at radius 1 is 1.33 bits per heavy atom. The van der Waals surface area contributed by atoms with Gasteiger partial charge in [-0.2, -0.15) is 5.26 Å². The molecule has 0 atom stereocenters. The van der Waals surface area contributed by atoms with E-state index in [1.807, 2.05) is 26.2 Å². The third kappa shape index (κ3) is 3.00. The van der Waals surface area contributed by atoms with Crippen molar-refractivity contribution in [1.82, 2.24) is 10.2 Å². The molecule has 1 N–H and O–H groups in total. The highest BCUT2D eigenvalue weighted by molar-refractivity contribution is 5.53. The van der Waals surface area contributed by atoms with Gasteiger partial charge in [0.2, 0.25) is 0 Å². The Hall–Kier alpha value is -1.57. The van der Waals surface area contributed by atoms with Gasteiger partial charge in [0, 0.05) is 52.5 Å². The molecule has 4 heteroatoms. The van der Waals surface area contributed by atoms with Crippen LogP contribution < -0.4 is 10.2 Å². The lowest BCUT2D eigenvalue weighted by atomic mass is 10.1. The number of piperazine rings is 1. The molecule has 1 aromatic carbocycles. The first-order valence-corrected chi connectivity index (χ1v) is 6.34. The number of anilines is 1. The molecule has 18 heavy (non-hydrogen) atoms. The van der Waals surface area contributed by atoms with Crippen molar-refractivity contribution < 1.29 is 0 Å². The third-order valence-corrected chi connectivity index (χ3v) is 3.33. The molecule has 0 spiro atoms. The van der Waals surface area contributed by atoms with Crippen molar-refractivity contribution in [3.8, 4) is 6.07 Å². The topological polar surface area (TPSA) is 42.3 Å². The summed E-state index contributed by atoms with van der Waals surface area (Å²) in [6.07, 6.45) is 0. The van der Waals surface area contributed by atoms with Gasteiger partial charge in [-0.25, -0.2) is 0 Å². The zero-order valence-electron chi connectivity index (χ0n) is 11.1. The van der Waals surface area contributed by atoms with Gasteiger partial charge in [-0.3, -0.25) is 4.90 Å². The molecule has 0 aromatic heterocycles. The first kappa shape index (κ1) is 12.9. The smallest absolute Gasteiger partial charge is 0.0995 e. The monoisotopic (exact) mass is 244 g/mol. The second kappa shape index (κ2) is 5.85. The van der Waals surface area contributed by atoms with Crippen LogP contribution >= 0.6 is 0 Å². The van der Waals surface area contributed by atoms with Gasteiger partial charge in [0.1, 0.15) is 0 Å². The lowest BCUT2D eigenvalue weighted by Gasteiger charge is -2.28. The lowest BCUT2D eigenvalue weighted by molar-refractivity contribution is 0.233. The standard InChI is InChI=1S/C14H20N4/c1-17(2)14-4-3-12(10-15)13(9-14)11-18-7-5-16-6-8-18/h3-4,9,16H,5-8,11H2,1-2H3. The number of benzene rings is 1. The molecule has 0 amide bonds. The Morgan fingerprint density at radius 3 is 2.67 bits per heavy atom. The first-order chi connectivity index (χ1) is 8.70. The van der Waals surface area contributed by atoms with E-state index < -0.39 is 0 Å². The van der Waals surface area contributed by atoms with Crippen LogP contribution in [0.3, 0.4) is 0 Å². The summed E-state index contributed by atoms with van der Waals surface area (Å²) < 4.78 is 0. The van der Waals surface area contributed by atoms with E-state index in [9.17, 15) is 5.26 Å². The summed E-state index contributed by atoms with van der Waals surface area (Å²) in [6.45, 7) is 5.05. The van der Waals surface area contributed by atoms with Gasteiger partial charge in [0.25, 0.3) is 0 Å². The van der Waals surface area contributed by atoms with Gasteiger partial charge in [-0.05, 0) is 23.8 Å². The molecule has 1 saturated heterocycles. The molecule has 1 fully saturated rings. The van der Waals surface area contributed by atoms with Crippen molar-refractivity contribution in [2.24, 2.45) is 0 Å². The molecular formula is C14H20N4. The van der Waals surface area contributed by atoms with Crippen molar-refractivity contribution in [1.29, 1.82) is 5.26 Å². The first-order valence-electron chi connectivity index (χ1n) is 6.34. The summed E-state index contributed by atoms with van der Waals surface area (Å²) in [5, 5.41) is 12.5. The SMILES string of the molecule is CN(C)c1ccc(C#N)c(CN2CCNCC2)c1. The van der Waals surface area contributed by atoms with E-state index >= 15 is 0 Å². The number of hydrogen-bond donors (Lipinski definition) is 1. The van der Waals surface area contributed by atoms with Crippen LogP contribution in [0.1, 0.15) is 11.1 Å². The number of nitriles is 1. The van der Waals surface area contributed by atoms with E-state index in [2.05, 4.69) is 27.3 Å². The zero-order valence-corrected chi connectivity index (χ0v) is 11.1. The Bertz CT molecular complexity index is 442. The van der Waals surface area contributed by atoms with Crippen LogP contribution in [0.5, 0.6) is 0 Å². The highest BCUT2D eigenvalue weighted by Gasteiger charge is 2.13. The Kier molecular flexibility index (Phi) is 4.19. The average molecular weight is 244 g/mol. The summed E-state index contributed by atoms with van der Waals surface area (Å²) in [4.78, 5) is 4.47. The molecule has 2 rings (SSSR count). The van der Waals surface area contributed by atoms with Crippen LogP contribution in [-0.2, 0) is 6.54 Å². The number of rotatable bonds is 3. The van der Waals surface area contributed by atoms with Crippen molar-refractivity contribution in [3.63, 3.8) is 0 Å². The largest absolute Gasteiger partial charge is 0.378 e. The van der Waals surface area contributed by atoms with Gasteiger partial charge in [0.15, 0.2) is 0 Å². The minimum atomic E-state index is 0.791. The minimum absolute atomic E-state index is 0.791. The molecule has 0 radical (unpaired) electrons. The van der Waals surface area contributed by atoms with Gasteiger partial charge in [-0.1, -0.05) is 0 Å². The van der Waals surface area contributed by atoms with Crippen LogP contribution in [-0.4, -0.2) is 45.2 Å². The second-order valence-corrected chi connectivity index (χ2v) is 4.87. The molecule has 0 aliphatic carbocycles. The predicted molar refractivity (Wildman–Crippen MR) is 73.6 cm³/mol. The van der Waals surface area contributed by atoms with Crippen LogP contribution in [0.4, 0.5) is 5.69 Å². The van der Waals surface area contributed by atoms with Gasteiger partial charge in [0.05, 0.1) is 11.6 Å². The predicted octanol–water partition coefficient (Wildman–Crippen LogP) is 1.03. The fraction of sp³-hybridized carbons (Fsp3) is 0.500. The Morgan fingerprint density at radius 2 is 2.06 bits per heavy atom. The molecule has 1 aliphatic heterocycles. The quantitative estimate of drug-likeness (QED) is 0.862. The molecule has 4 nitrogen and oxygen atoms in total. The summed E-state index contributed by atoms with van der Waals surface area (Å²) in [6, 6.07) is 8.34. The molecule has 0 saturated carbocycles. The third-order valence-electron chi connectivity index (χ3n) is 3.33. The summed E-state index contributed by atoms with van der Waals surface area (Å²) in [7, 11) is 4.05. The van der Waals surface area contributed by atoms with E-state index in [-0.39, 0.29) is 0 Å². The number of nitrogens with zero attached hydrogens (tertiary/aromatic N) is 3. The average Bonchev–Trinajstić information content (AvgIpc) is 2.39. The summed E-state index contributed by atoms with van der Waals surface area (Å²) in [5.41, 5.74) is 3.07. The van der Waals surface area contributed by atoms with E-state index in [0.717, 1.165) is 49.5 Å². The van der Waals surface area contributed by atoms with Gasteiger partial charge < -0.3 is 10.2 Å². The molecule has 96 valence electrons. The highest BCUT2D eigenvalue weighted by Crippen LogP contribution is 2.19.